The van der Waals surface area contributed by atoms with E-state index in [0.717, 1.165) is 34.3 Å². The van der Waals surface area contributed by atoms with E-state index in [1.807, 2.05) is 51.0 Å². The van der Waals surface area contributed by atoms with E-state index in [1.165, 1.54) is 16.2 Å². The van der Waals surface area contributed by atoms with Crippen LogP contribution in [0.4, 0.5) is 5.13 Å². The van der Waals surface area contributed by atoms with Crippen LogP contribution in [-0.4, -0.2) is 57.1 Å². The number of carbonyl (C=O) groups excluding carboxylic acids is 1. The Kier molecular flexibility index (Phi) is 6.90. The summed E-state index contributed by atoms with van der Waals surface area (Å²) < 4.78 is 26.6. The number of nitrogens with zero attached hydrogens (tertiary/aromatic N) is 3. The van der Waals surface area contributed by atoms with Gasteiger partial charge >= 0.3 is 0 Å². The van der Waals surface area contributed by atoms with Gasteiger partial charge < -0.3 is 4.90 Å². The van der Waals surface area contributed by atoms with Crippen molar-refractivity contribution in [2.75, 3.05) is 37.8 Å². The zero-order valence-electron chi connectivity index (χ0n) is 17.8. The second-order valence-corrected chi connectivity index (χ2v) is 10.7. The van der Waals surface area contributed by atoms with E-state index >= 15 is 0 Å². The first-order valence-electron chi connectivity index (χ1n) is 9.78. The zero-order chi connectivity index (χ0) is 21.9. The molecule has 1 aromatic heterocycles. The van der Waals surface area contributed by atoms with E-state index in [9.17, 15) is 13.2 Å². The second-order valence-electron chi connectivity index (χ2n) is 7.69. The first-order valence-corrected chi connectivity index (χ1v) is 12.2. The Morgan fingerprint density at radius 3 is 2.37 bits per heavy atom. The second kappa shape index (κ2) is 9.24. The largest absolute Gasteiger partial charge is 0.309 e. The highest BCUT2D eigenvalue weighted by Crippen LogP contribution is 2.31. The summed E-state index contributed by atoms with van der Waals surface area (Å²) in [5.41, 5.74) is 2.85. The molecule has 3 rings (SSSR count). The average Bonchev–Trinajstić information content (AvgIpc) is 3.10. The molecule has 0 unspecified atom stereocenters. The van der Waals surface area contributed by atoms with Crippen LogP contribution in [0.1, 0.15) is 17.5 Å². The maximum absolute atomic E-state index is 13.1. The van der Waals surface area contributed by atoms with Gasteiger partial charge in [0.2, 0.25) is 5.91 Å². The fourth-order valence-electron chi connectivity index (χ4n) is 3.13. The third-order valence-electron chi connectivity index (χ3n) is 4.82. The van der Waals surface area contributed by atoms with Crippen LogP contribution in [0.25, 0.3) is 10.2 Å². The zero-order valence-corrected chi connectivity index (χ0v) is 19.4. The van der Waals surface area contributed by atoms with Gasteiger partial charge in [-0.05, 0) is 64.7 Å². The molecule has 2 aromatic carbocycles. The number of amides is 1. The maximum Gasteiger partial charge on any atom is 0.244 e. The van der Waals surface area contributed by atoms with Crippen LogP contribution in [-0.2, 0) is 14.6 Å². The van der Waals surface area contributed by atoms with Gasteiger partial charge in [-0.25, -0.2) is 13.4 Å². The first-order chi connectivity index (χ1) is 14.2. The number of rotatable bonds is 8. The molecule has 0 aliphatic heterocycles. The monoisotopic (exact) mass is 445 g/mol. The third-order valence-corrected chi connectivity index (χ3v) is 7.48. The fourth-order valence-corrected chi connectivity index (χ4v) is 5.42. The Morgan fingerprint density at radius 2 is 1.73 bits per heavy atom. The van der Waals surface area contributed by atoms with Gasteiger partial charge in [0.15, 0.2) is 15.0 Å². The van der Waals surface area contributed by atoms with Crippen LogP contribution in [0.2, 0.25) is 0 Å². The molecule has 0 saturated heterocycles. The number of hydrogen-bond acceptors (Lipinski definition) is 6. The van der Waals surface area contributed by atoms with Crippen molar-refractivity contribution in [2.45, 2.75) is 25.2 Å². The van der Waals surface area contributed by atoms with Gasteiger partial charge in [-0.3, -0.25) is 9.69 Å². The quantitative estimate of drug-likeness (QED) is 0.529. The Hall–Kier alpha value is -2.29. The van der Waals surface area contributed by atoms with Gasteiger partial charge in [-0.2, -0.15) is 0 Å². The van der Waals surface area contributed by atoms with E-state index in [2.05, 4.69) is 4.98 Å². The molecule has 0 saturated carbocycles. The Bertz CT molecular complexity index is 1140. The SMILES string of the molecule is Cc1ccc(S(=O)(=O)CC(=O)N(CCCN(C)C)c2nc3c(C)cccc3s2)cc1. The minimum absolute atomic E-state index is 0.162. The summed E-state index contributed by atoms with van der Waals surface area (Å²) in [6.07, 6.45) is 0.720. The molecule has 6 nitrogen and oxygen atoms in total. The number of fused-ring (bicyclic) bond motifs is 1. The number of carbonyl (C=O) groups is 1. The number of anilines is 1. The normalized spacial score (nSPS) is 11.9. The molecule has 160 valence electrons. The highest BCUT2D eigenvalue weighted by atomic mass is 32.2. The first kappa shape index (κ1) is 22.4. The molecule has 3 aromatic rings. The van der Waals surface area contributed by atoms with Crippen LogP contribution >= 0.6 is 11.3 Å². The summed E-state index contributed by atoms with van der Waals surface area (Å²) in [5, 5.41) is 0.544. The van der Waals surface area contributed by atoms with Crippen LogP contribution < -0.4 is 4.90 Å². The number of sulfone groups is 1. The minimum Gasteiger partial charge on any atom is -0.309 e. The molecule has 30 heavy (non-hydrogen) atoms. The summed E-state index contributed by atoms with van der Waals surface area (Å²) in [6, 6.07) is 12.5. The average molecular weight is 446 g/mol. The molecule has 1 amide bonds. The lowest BCUT2D eigenvalue weighted by Crippen LogP contribution is -2.37. The van der Waals surface area contributed by atoms with Gasteiger partial charge in [0.1, 0.15) is 5.75 Å². The summed E-state index contributed by atoms with van der Waals surface area (Å²) in [4.78, 5) is 21.5. The van der Waals surface area contributed by atoms with Gasteiger partial charge in [0, 0.05) is 6.54 Å². The Morgan fingerprint density at radius 1 is 1.03 bits per heavy atom. The highest BCUT2D eigenvalue weighted by Gasteiger charge is 2.26. The third kappa shape index (κ3) is 5.24. The molecular weight excluding hydrogens is 418 g/mol. The molecule has 0 aliphatic rings. The van der Waals surface area contributed by atoms with Crippen molar-refractivity contribution in [1.82, 2.24) is 9.88 Å². The molecule has 0 N–H and O–H groups in total. The van der Waals surface area contributed by atoms with Crippen LogP contribution in [0.15, 0.2) is 47.4 Å². The predicted octanol–water partition coefficient (Wildman–Crippen LogP) is 3.67. The van der Waals surface area contributed by atoms with Crippen molar-refractivity contribution in [3.05, 3.63) is 53.6 Å². The lowest BCUT2D eigenvalue weighted by Gasteiger charge is -2.21. The van der Waals surface area contributed by atoms with Crippen molar-refractivity contribution in [2.24, 2.45) is 0 Å². The molecule has 0 fully saturated rings. The molecule has 1 heterocycles. The van der Waals surface area contributed by atoms with Crippen molar-refractivity contribution < 1.29 is 13.2 Å². The van der Waals surface area contributed by atoms with Crippen molar-refractivity contribution >= 4 is 42.4 Å². The van der Waals surface area contributed by atoms with Gasteiger partial charge in [-0.15, -0.1) is 0 Å². The summed E-state index contributed by atoms with van der Waals surface area (Å²) in [5.74, 6) is -1.03. The Balaban J connectivity index is 1.89. The van der Waals surface area contributed by atoms with Gasteiger partial charge in [-0.1, -0.05) is 41.2 Å². The van der Waals surface area contributed by atoms with Crippen molar-refractivity contribution in [3.63, 3.8) is 0 Å². The standard InChI is InChI=1S/C22H27N3O3S2/c1-16-9-11-18(12-10-16)30(27,28)15-20(26)25(14-6-13-24(3)4)22-23-21-17(2)7-5-8-19(21)29-22/h5,7-12H,6,13-15H2,1-4H3. The number of thiazole rings is 1. The van der Waals surface area contributed by atoms with Crippen molar-refractivity contribution in [1.29, 1.82) is 0 Å². The number of aryl methyl sites for hydroxylation is 2. The summed E-state index contributed by atoms with van der Waals surface area (Å²) in [7, 11) is 0.201. The van der Waals surface area contributed by atoms with E-state index in [1.54, 1.807) is 24.3 Å². The molecule has 0 atom stereocenters. The van der Waals surface area contributed by atoms with Crippen molar-refractivity contribution in [3.8, 4) is 0 Å². The lowest BCUT2D eigenvalue weighted by atomic mass is 10.2. The predicted molar refractivity (Wildman–Crippen MR) is 123 cm³/mol. The molecule has 0 bridgehead atoms. The molecule has 0 aliphatic carbocycles. The number of benzene rings is 2. The van der Waals surface area contributed by atoms with Gasteiger partial charge in [0.25, 0.3) is 0 Å². The maximum atomic E-state index is 13.1. The fraction of sp³-hybridized carbons (Fsp3) is 0.364. The van der Waals surface area contributed by atoms with Crippen LogP contribution in [0.5, 0.6) is 0 Å². The van der Waals surface area contributed by atoms with Crippen LogP contribution in [0.3, 0.4) is 0 Å². The van der Waals surface area contributed by atoms with E-state index < -0.39 is 21.5 Å². The topological polar surface area (TPSA) is 70.6 Å². The molecule has 0 radical (unpaired) electrons. The Labute approximate surface area is 182 Å². The summed E-state index contributed by atoms with van der Waals surface area (Å²) >= 11 is 1.42. The van der Waals surface area contributed by atoms with Gasteiger partial charge in [0.05, 0.1) is 15.1 Å². The number of hydrogen-bond donors (Lipinski definition) is 0. The van der Waals surface area contributed by atoms with E-state index in [4.69, 9.17) is 0 Å². The van der Waals surface area contributed by atoms with E-state index in [0.29, 0.717) is 11.7 Å². The minimum atomic E-state index is -3.73. The molecular formula is C22H27N3O3S2. The highest BCUT2D eigenvalue weighted by molar-refractivity contribution is 7.92. The number of aromatic nitrogens is 1. The lowest BCUT2D eigenvalue weighted by molar-refractivity contribution is -0.116. The van der Waals surface area contributed by atoms with E-state index in [-0.39, 0.29) is 4.90 Å². The molecule has 0 spiro atoms. The summed E-state index contributed by atoms with van der Waals surface area (Å²) in [6.45, 7) is 5.08. The smallest absolute Gasteiger partial charge is 0.244 e. The van der Waals surface area contributed by atoms with Crippen LogP contribution in [0, 0.1) is 13.8 Å². The number of para-hydroxylation sites is 1. The molecule has 8 heteroatoms.